The van der Waals surface area contributed by atoms with Gasteiger partial charge in [0.1, 0.15) is 0 Å². The predicted molar refractivity (Wildman–Crippen MR) is 60.4 cm³/mol. The molecule has 1 heterocycles. The van der Waals surface area contributed by atoms with Gasteiger partial charge < -0.3 is 10.1 Å². The van der Waals surface area contributed by atoms with E-state index in [0.717, 1.165) is 18.7 Å². The summed E-state index contributed by atoms with van der Waals surface area (Å²) in [6.07, 6.45) is 2.30. The molecule has 1 aliphatic carbocycles. The van der Waals surface area contributed by atoms with E-state index in [2.05, 4.69) is 10.2 Å². The summed E-state index contributed by atoms with van der Waals surface area (Å²) in [5.41, 5.74) is 0. The first kappa shape index (κ1) is 11.3. The normalized spacial score (nSPS) is 15.1. The van der Waals surface area contributed by atoms with Crippen molar-refractivity contribution in [2.75, 3.05) is 24.9 Å². The molecule has 1 aliphatic rings. The molecular weight excluding hydrogens is 228 g/mol. The van der Waals surface area contributed by atoms with E-state index in [-0.39, 0.29) is 5.75 Å². The smallest absolute Gasteiger partial charge is 0.313 e. The van der Waals surface area contributed by atoms with Crippen LogP contribution in [0.4, 0.5) is 0 Å². The van der Waals surface area contributed by atoms with Gasteiger partial charge in [0.2, 0.25) is 5.16 Å². The van der Waals surface area contributed by atoms with E-state index in [9.17, 15) is 4.79 Å². The van der Waals surface area contributed by atoms with E-state index in [1.54, 1.807) is 0 Å². The van der Waals surface area contributed by atoms with E-state index in [1.807, 2.05) is 23.8 Å². The highest BCUT2D eigenvalue weighted by atomic mass is 32.2. The number of rotatable bonds is 5. The standard InChI is InChI=1S/C9H14N4O2S/c1-12(2)13-8(6-3-4-6)10-11-9(13)16-5-7(14)15/h6H,3-5H2,1-2H3,(H,14,15). The molecule has 1 saturated carbocycles. The first-order valence-electron chi connectivity index (χ1n) is 5.07. The van der Waals surface area contributed by atoms with Crippen molar-refractivity contribution in [2.45, 2.75) is 23.9 Å². The maximum absolute atomic E-state index is 10.5. The van der Waals surface area contributed by atoms with Crippen LogP contribution in [0.3, 0.4) is 0 Å². The van der Waals surface area contributed by atoms with Crippen LogP contribution in [-0.2, 0) is 4.79 Å². The maximum Gasteiger partial charge on any atom is 0.313 e. The van der Waals surface area contributed by atoms with E-state index in [4.69, 9.17) is 5.11 Å². The summed E-state index contributed by atoms with van der Waals surface area (Å²) in [6, 6.07) is 0. The highest BCUT2D eigenvalue weighted by Crippen LogP contribution is 2.39. The Bertz CT molecular complexity index is 400. The Labute approximate surface area is 97.6 Å². The van der Waals surface area contributed by atoms with Crippen molar-refractivity contribution < 1.29 is 9.90 Å². The molecule has 0 radical (unpaired) electrons. The number of carbonyl (C=O) groups is 1. The molecule has 0 spiro atoms. The van der Waals surface area contributed by atoms with Gasteiger partial charge in [-0.3, -0.25) is 4.79 Å². The molecule has 0 unspecified atom stereocenters. The highest BCUT2D eigenvalue weighted by Gasteiger charge is 2.31. The van der Waals surface area contributed by atoms with Gasteiger partial charge in [-0.05, 0) is 12.8 Å². The Morgan fingerprint density at radius 3 is 2.75 bits per heavy atom. The Hall–Kier alpha value is -1.24. The van der Waals surface area contributed by atoms with Gasteiger partial charge in [-0.2, -0.15) is 0 Å². The lowest BCUT2D eigenvalue weighted by atomic mass is 10.4. The zero-order chi connectivity index (χ0) is 11.7. The van der Waals surface area contributed by atoms with Gasteiger partial charge in [0, 0.05) is 20.0 Å². The minimum atomic E-state index is -0.841. The molecule has 0 aliphatic heterocycles. The predicted octanol–water partition coefficient (Wildman–Crippen LogP) is 0.530. The van der Waals surface area contributed by atoms with Crippen molar-refractivity contribution in [1.29, 1.82) is 0 Å². The van der Waals surface area contributed by atoms with Crippen molar-refractivity contribution in [1.82, 2.24) is 14.9 Å². The van der Waals surface area contributed by atoms with Crippen molar-refractivity contribution in [2.24, 2.45) is 0 Å². The third-order valence-electron chi connectivity index (χ3n) is 2.30. The van der Waals surface area contributed by atoms with Crippen LogP contribution in [0.25, 0.3) is 0 Å². The molecule has 16 heavy (non-hydrogen) atoms. The monoisotopic (exact) mass is 242 g/mol. The van der Waals surface area contributed by atoms with Crippen molar-refractivity contribution in [3.8, 4) is 0 Å². The molecule has 0 bridgehead atoms. The minimum absolute atomic E-state index is 0.0106. The third-order valence-corrected chi connectivity index (χ3v) is 3.21. The van der Waals surface area contributed by atoms with Crippen LogP contribution >= 0.6 is 11.8 Å². The molecule has 0 saturated heterocycles. The van der Waals surface area contributed by atoms with Crippen LogP contribution in [-0.4, -0.2) is 45.8 Å². The molecule has 7 heteroatoms. The molecule has 6 nitrogen and oxygen atoms in total. The Morgan fingerprint density at radius 2 is 2.25 bits per heavy atom. The lowest BCUT2D eigenvalue weighted by molar-refractivity contribution is -0.133. The van der Waals surface area contributed by atoms with Crippen LogP contribution in [0.1, 0.15) is 24.6 Å². The first-order valence-corrected chi connectivity index (χ1v) is 6.05. The van der Waals surface area contributed by atoms with E-state index >= 15 is 0 Å². The molecular formula is C9H14N4O2S. The van der Waals surface area contributed by atoms with Gasteiger partial charge in [0.15, 0.2) is 5.82 Å². The van der Waals surface area contributed by atoms with Crippen molar-refractivity contribution in [3.05, 3.63) is 5.82 Å². The number of carboxylic acids is 1. The number of aromatic nitrogens is 3. The average Bonchev–Trinajstić information content (AvgIpc) is 2.95. The third kappa shape index (κ3) is 2.29. The lowest BCUT2D eigenvalue weighted by Gasteiger charge is -2.17. The second-order valence-corrected chi connectivity index (χ2v) is 4.90. The summed E-state index contributed by atoms with van der Waals surface area (Å²) < 4.78 is 1.89. The SMILES string of the molecule is CN(C)n1c(SCC(=O)O)nnc1C1CC1. The van der Waals surface area contributed by atoms with Gasteiger partial charge in [-0.15, -0.1) is 10.2 Å². The highest BCUT2D eigenvalue weighted by molar-refractivity contribution is 7.99. The summed E-state index contributed by atoms with van der Waals surface area (Å²) in [6.45, 7) is 0. The summed E-state index contributed by atoms with van der Waals surface area (Å²) in [4.78, 5) is 10.5. The molecule has 0 atom stereocenters. The van der Waals surface area contributed by atoms with Gasteiger partial charge in [0.25, 0.3) is 0 Å². The van der Waals surface area contributed by atoms with Crippen LogP contribution in [0.5, 0.6) is 0 Å². The first-order chi connectivity index (χ1) is 7.59. The summed E-state index contributed by atoms with van der Waals surface area (Å²) in [5.74, 6) is 0.606. The molecule has 88 valence electrons. The fourth-order valence-electron chi connectivity index (χ4n) is 1.47. The average molecular weight is 242 g/mol. The van der Waals surface area contributed by atoms with Gasteiger partial charge >= 0.3 is 5.97 Å². The molecule has 2 rings (SSSR count). The molecule has 1 N–H and O–H groups in total. The minimum Gasteiger partial charge on any atom is -0.481 e. The van der Waals surface area contributed by atoms with Crippen molar-refractivity contribution in [3.63, 3.8) is 0 Å². The fraction of sp³-hybridized carbons (Fsp3) is 0.667. The number of thioether (sulfide) groups is 1. The van der Waals surface area contributed by atoms with Gasteiger partial charge in [-0.25, -0.2) is 4.68 Å². The fourth-order valence-corrected chi connectivity index (χ4v) is 2.20. The van der Waals surface area contributed by atoms with Crippen LogP contribution < -0.4 is 5.01 Å². The Morgan fingerprint density at radius 1 is 1.56 bits per heavy atom. The van der Waals surface area contributed by atoms with Gasteiger partial charge in [-0.1, -0.05) is 11.8 Å². The summed E-state index contributed by atoms with van der Waals surface area (Å²) >= 11 is 1.20. The lowest BCUT2D eigenvalue weighted by Crippen LogP contribution is -2.27. The number of nitrogens with zero attached hydrogens (tertiary/aromatic N) is 4. The topological polar surface area (TPSA) is 71.2 Å². The Kier molecular flexibility index (Phi) is 3.04. The number of hydrogen-bond donors (Lipinski definition) is 1. The van der Waals surface area contributed by atoms with E-state index in [0.29, 0.717) is 11.1 Å². The molecule has 0 amide bonds. The zero-order valence-electron chi connectivity index (χ0n) is 9.25. The van der Waals surface area contributed by atoms with Gasteiger partial charge in [0.05, 0.1) is 5.75 Å². The number of hydrogen-bond acceptors (Lipinski definition) is 5. The largest absolute Gasteiger partial charge is 0.481 e. The second kappa shape index (κ2) is 4.32. The molecule has 1 aromatic rings. The van der Waals surface area contributed by atoms with Crippen LogP contribution in [0, 0.1) is 0 Å². The molecule has 1 aromatic heterocycles. The quantitative estimate of drug-likeness (QED) is 0.759. The number of aliphatic carboxylic acids is 1. The van der Waals surface area contributed by atoms with E-state index in [1.165, 1.54) is 11.8 Å². The second-order valence-electron chi connectivity index (χ2n) is 3.96. The Balaban J connectivity index is 2.19. The number of carboxylic acid groups (broad SMARTS) is 1. The van der Waals surface area contributed by atoms with E-state index < -0.39 is 5.97 Å². The molecule has 1 fully saturated rings. The summed E-state index contributed by atoms with van der Waals surface area (Å²) in [7, 11) is 3.81. The van der Waals surface area contributed by atoms with Crippen LogP contribution in [0.15, 0.2) is 5.16 Å². The summed E-state index contributed by atoms with van der Waals surface area (Å²) in [5, 5.41) is 19.4. The molecule has 0 aromatic carbocycles. The maximum atomic E-state index is 10.5. The van der Waals surface area contributed by atoms with Crippen molar-refractivity contribution >= 4 is 17.7 Å². The van der Waals surface area contributed by atoms with Crippen LogP contribution in [0.2, 0.25) is 0 Å². The zero-order valence-corrected chi connectivity index (χ0v) is 10.1.